The summed E-state index contributed by atoms with van der Waals surface area (Å²) >= 11 is 12.3. The average Bonchev–Trinajstić information content (AvgIpc) is 2.42. The third-order valence-electron chi connectivity index (χ3n) is 4.19. The Hall–Kier alpha value is -1.56. The van der Waals surface area contributed by atoms with Gasteiger partial charge in [0.15, 0.2) is 0 Å². The van der Waals surface area contributed by atoms with Crippen molar-refractivity contribution in [2.24, 2.45) is 5.73 Å². The van der Waals surface area contributed by atoms with Gasteiger partial charge < -0.3 is 16.8 Å². The van der Waals surface area contributed by atoms with Gasteiger partial charge >= 0.3 is 0 Å². The highest BCUT2D eigenvalue weighted by molar-refractivity contribution is 6.35. The van der Waals surface area contributed by atoms with Crippen LogP contribution in [-0.4, -0.2) is 16.0 Å². The molecule has 122 valence electrons. The average molecular weight is 352 g/mol. The first kappa shape index (κ1) is 16.3. The summed E-state index contributed by atoms with van der Waals surface area (Å²) in [7, 11) is 0. The molecule has 0 aliphatic heterocycles. The summed E-state index contributed by atoms with van der Waals surface area (Å²) < 4.78 is 0. The molecule has 5 N–H and O–H groups in total. The Kier molecular flexibility index (Phi) is 4.62. The summed E-state index contributed by atoms with van der Waals surface area (Å²) in [5, 5.41) is 4.53. The highest BCUT2D eigenvalue weighted by atomic mass is 35.5. The molecular formula is C16H19Cl2N5. The highest BCUT2D eigenvalue weighted by Crippen LogP contribution is 2.35. The van der Waals surface area contributed by atoms with Crippen LogP contribution in [0.5, 0.6) is 0 Å². The van der Waals surface area contributed by atoms with Crippen LogP contribution in [0.3, 0.4) is 0 Å². The van der Waals surface area contributed by atoms with Gasteiger partial charge in [-0.05, 0) is 43.0 Å². The number of nitrogens with two attached hydrogens (primary N) is 2. The zero-order valence-electron chi connectivity index (χ0n) is 12.8. The minimum atomic E-state index is 0.267. The van der Waals surface area contributed by atoms with Crippen LogP contribution in [0, 0.1) is 6.92 Å². The van der Waals surface area contributed by atoms with E-state index in [0.717, 1.165) is 29.7 Å². The molecule has 1 heterocycles. The van der Waals surface area contributed by atoms with Gasteiger partial charge in [-0.15, -0.1) is 0 Å². The van der Waals surface area contributed by atoms with Gasteiger partial charge in [-0.3, -0.25) is 0 Å². The molecule has 5 nitrogen and oxygen atoms in total. The Morgan fingerprint density at radius 2 is 1.96 bits per heavy atom. The van der Waals surface area contributed by atoms with Crippen molar-refractivity contribution in [3.8, 4) is 0 Å². The predicted molar refractivity (Wildman–Crippen MR) is 94.9 cm³/mol. The van der Waals surface area contributed by atoms with Crippen molar-refractivity contribution in [1.82, 2.24) is 9.97 Å². The lowest BCUT2D eigenvalue weighted by Gasteiger charge is -2.32. The minimum Gasteiger partial charge on any atom is -0.368 e. The quantitative estimate of drug-likeness (QED) is 0.784. The summed E-state index contributed by atoms with van der Waals surface area (Å²) in [6.07, 6.45) is 1.88. The zero-order chi connectivity index (χ0) is 16.6. The fourth-order valence-electron chi connectivity index (χ4n) is 2.82. The fourth-order valence-corrected chi connectivity index (χ4v) is 3.49. The number of hydrogen-bond donors (Lipinski definition) is 3. The summed E-state index contributed by atoms with van der Waals surface area (Å²) in [6.45, 7) is 2.52. The molecule has 3 rings (SSSR count). The number of anilines is 2. The van der Waals surface area contributed by atoms with Gasteiger partial charge in [0.1, 0.15) is 5.82 Å². The maximum Gasteiger partial charge on any atom is 0.222 e. The molecule has 1 aliphatic rings. The Bertz CT molecular complexity index is 705. The Labute approximate surface area is 145 Å². The number of halogens is 2. The molecule has 23 heavy (non-hydrogen) atoms. The predicted octanol–water partition coefficient (Wildman–Crippen LogP) is 3.49. The van der Waals surface area contributed by atoms with Crippen LogP contribution < -0.4 is 16.8 Å². The number of aryl methyl sites for hydroxylation is 1. The highest BCUT2D eigenvalue weighted by Gasteiger charge is 2.29. The van der Waals surface area contributed by atoms with E-state index < -0.39 is 0 Å². The number of rotatable bonds is 4. The number of nitrogen functional groups attached to an aromatic ring is 1. The molecule has 0 spiro atoms. The molecule has 0 bridgehead atoms. The molecule has 0 atom stereocenters. The van der Waals surface area contributed by atoms with Crippen molar-refractivity contribution in [2.75, 3.05) is 11.1 Å². The van der Waals surface area contributed by atoms with E-state index in [2.05, 4.69) is 15.3 Å². The fraction of sp³-hybridized carbons (Fsp3) is 0.375. The Morgan fingerprint density at radius 3 is 2.61 bits per heavy atom. The Morgan fingerprint density at radius 1 is 1.22 bits per heavy atom. The first-order chi connectivity index (χ1) is 10.9. The van der Waals surface area contributed by atoms with Crippen molar-refractivity contribution in [1.29, 1.82) is 0 Å². The maximum atomic E-state index is 6.27. The van der Waals surface area contributed by atoms with Crippen molar-refractivity contribution >= 4 is 35.0 Å². The number of hydrogen-bond acceptors (Lipinski definition) is 5. The topological polar surface area (TPSA) is 89.8 Å². The summed E-state index contributed by atoms with van der Waals surface area (Å²) in [5.41, 5.74) is 14.6. The largest absolute Gasteiger partial charge is 0.368 e. The molecule has 0 amide bonds. The first-order valence-electron chi connectivity index (χ1n) is 7.51. The third kappa shape index (κ3) is 3.68. The van der Waals surface area contributed by atoms with Gasteiger partial charge in [0, 0.05) is 34.6 Å². The summed E-state index contributed by atoms with van der Waals surface area (Å²) in [5.74, 6) is 1.33. The molecular weight excluding hydrogens is 333 g/mol. The van der Waals surface area contributed by atoms with E-state index in [1.165, 1.54) is 0 Å². The molecule has 1 saturated carbocycles. The van der Waals surface area contributed by atoms with Gasteiger partial charge in [0.25, 0.3) is 0 Å². The van der Waals surface area contributed by atoms with Crippen LogP contribution in [-0.2, 0) is 6.54 Å². The molecule has 1 aliphatic carbocycles. The van der Waals surface area contributed by atoms with E-state index in [9.17, 15) is 0 Å². The molecule has 0 unspecified atom stereocenters. The molecule has 1 aromatic heterocycles. The van der Waals surface area contributed by atoms with Gasteiger partial charge in [0.05, 0.1) is 5.69 Å². The smallest absolute Gasteiger partial charge is 0.222 e. The number of aromatic nitrogens is 2. The van der Waals surface area contributed by atoms with Gasteiger partial charge in [-0.1, -0.05) is 23.2 Å². The molecule has 2 aromatic rings. The Balaban J connectivity index is 1.76. The van der Waals surface area contributed by atoms with Crippen LogP contribution in [0.15, 0.2) is 18.2 Å². The SMILES string of the molecule is Cc1cc(Cl)cc(Cl)c1CNc1cc(C2CC(N)C2)nc(N)n1. The van der Waals surface area contributed by atoms with Gasteiger partial charge in [-0.2, -0.15) is 4.98 Å². The number of nitrogens with zero attached hydrogens (tertiary/aromatic N) is 2. The molecule has 1 fully saturated rings. The lowest BCUT2D eigenvalue weighted by molar-refractivity contribution is 0.345. The van der Waals surface area contributed by atoms with Crippen molar-refractivity contribution < 1.29 is 0 Å². The van der Waals surface area contributed by atoms with E-state index in [0.29, 0.717) is 28.3 Å². The monoisotopic (exact) mass is 351 g/mol. The second kappa shape index (κ2) is 6.51. The van der Waals surface area contributed by atoms with Crippen LogP contribution in [0.1, 0.15) is 35.6 Å². The van der Waals surface area contributed by atoms with Crippen LogP contribution >= 0.6 is 23.2 Å². The second-order valence-electron chi connectivity index (χ2n) is 6.00. The summed E-state index contributed by atoms with van der Waals surface area (Å²) in [4.78, 5) is 8.56. The summed E-state index contributed by atoms with van der Waals surface area (Å²) in [6, 6.07) is 5.83. The molecule has 0 saturated heterocycles. The van der Waals surface area contributed by atoms with Crippen molar-refractivity contribution in [2.45, 2.75) is 38.3 Å². The van der Waals surface area contributed by atoms with Crippen molar-refractivity contribution in [3.63, 3.8) is 0 Å². The third-order valence-corrected chi connectivity index (χ3v) is 4.74. The van der Waals surface area contributed by atoms with E-state index in [1.54, 1.807) is 6.07 Å². The second-order valence-corrected chi connectivity index (χ2v) is 6.84. The minimum absolute atomic E-state index is 0.267. The van der Waals surface area contributed by atoms with Gasteiger partial charge in [-0.25, -0.2) is 4.98 Å². The van der Waals surface area contributed by atoms with Crippen LogP contribution in [0.2, 0.25) is 10.0 Å². The molecule has 1 aromatic carbocycles. The first-order valence-corrected chi connectivity index (χ1v) is 8.26. The normalized spacial score (nSPS) is 20.2. The van der Waals surface area contributed by atoms with E-state index in [-0.39, 0.29) is 12.0 Å². The van der Waals surface area contributed by atoms with E-state index in [1.807, 2.05) is 19.1 Å². The maximum absolute atomic E-state index is 6.27. The lowest BCUT2D eigenvalue weighted by atomic mass is 9.78. The van der Waals surface area contributed by atoms with Crippen molar-refractivity contribution in [3.05, 3.63) is 45.1 Å². The lowest BCUT2D eigenvalue weighted by Crippen LogP contribution is -2.35. The van der Waals surface area contributed by atoms with E-state index >= 15 is 0 Å². The number of benzene rings is 1. The molecule has 7 heteroatoms. The standard InChI is InChI=1S/C16H19Cl2N5/c1-8-2-10(17)5-13(18)12(8)7-21-15-6-14(22-16(20)23-15)9-3-11(19)4-9/h2,5-6,9,11H,3-4,7,19H2,1H3,(H3,20,21,22,23). The van der Waals surface area contributed by atoms with Crippen LogP contribution in [0.4, 0.5) is 11.8 Å². The van der Waals surface area contributed by atoms with Crippen LogP contribution in [0.25, 0.3) is 0 Å². The molecule has 0 radical (unpaired) electrons. The zero-order valence-corrected chi connectivity index (χ0v) is 14.3. The van der Waals surface area contributed by atoms with E-state index in [4.69, 9.17) is 34.7 Å². The van der Waals surface area contributed by atoms with Gasteiger partial charge in [0.2, 0.25) is 5.95 Å². The number of nitrogens with one attached hydrogen (secondary N) is 1.